The molecule has 0 spiro atoms. The van der Waals surface area contributed by atoms with E-state index in [2.05, 4.69) is 0 Å². The fourth-order valence-electron chi connectivity index (χ4n) is 1.37. The van der Waals surface area contributed by atoms with Crippen LogP contribution < -0.4 is 0 Å². The van der Waals surface area contributed by atoms with E-state index < -0.39 is 5.41 Å². The van der Waals surface area contributed by atoms with Crippen LogP contribution in [0.4, 0.5) is 0 Å². The summed E-state index contributed by atoms with van der Waals surface area (Å²) >= 11 is 1.64. The quantitative estimate of drug-likeness (QED) is 0.625. The van der Waals surface area contributed by atoms with E-state index in [-0.39, 0.29) is 5.97 Å². The van der Waals surface area contributed by atoms with E-state index in [4.69, 9.17) is 4.74 Å². The van der Waals surface area contributed by atoms with Crippen molar-refractivity contribution < 1.29 is 9.53 Å². The number of esters is 1. The minimum atomic E-state index is -0.494. The normalized spacial score (nSPS) is 14.3. The number of carbonyl (C=O) groups excluding carboxylic acids is 1. The van der Waals surface area contributed by atoms with E-state index in [1.54, 1.807) is 22.3 Å². The van der Waals surface area contributed by atoms with Crippen LogP contribution in [0.3, 0.4) is 0 Å². The molecular weight excluding hydrogens is 304 g/mol. The summed E-state index contributed by atoms with van der Waals surface area (Å²) in [4.78, 5) is 11.9. The van der Waals surface area contributed by atoms with Crippen LogP contribution in [0, 0.1) is 0 Å². The van der Waals surface area contributed by atoms with Crippen LogP contribution in [-0.2, 0) is 14.9 Å². The van der Waals surface area contributed by atoms with Crippen molar-refractivity contribution in [1.29, 1.82) is 0 Å². The Hall–Kier alpha value is -0.520. The Morgan fingerprint density at radius 3 is 2.47 bits per heavy atom. The van der Waals surface area contributed by atoms with Gasteiger partial charge in [0.1, 0.15) is 0 Å². The molecule has 1 atom stereocenters. The van der Waals surface area contributed by atoms with Crippen molar-refractivity contribution in [3.63, 3.8) is 0 Å². The summed E-state index contributed by atoms with van der Waals surface area (Å²) in [7, 11) is 0. The monoisotopic (exact) mass is 322 g/mol. The first-order valence-corrected chi connectivity index (χ1v) is 6.79. The fraction of sp³-hybridized carbons (Fsp3) is 0.417. The Morgan fingerprint density at radius 1 is 1.40 bits per heavy atom. The summed E-state index contributed by atoms with van der Waals surface area (Å²) in [5, 5.41) is 0. The van der Waals surface area contributed by atoms with Gasteiger partial charge in [0.25, 0.3) is 0 Å². The zero-order chi connectivity index (χ0) is 11.3. The number of hydrogen-bond donors (Lipinski definition) is 0. The first-order chi connectivity index (χ1) is 7.15. The molecule has 0 aliphatic rings. The molecule has 2 nitrogen and oxygen atoms in total. The predicted molar refractivity (Wildman–Crippen MR) is 62.4 cm³/mol. The topological polar surface area (TPSA) is 26.3 Å². The van der Waals surface area contributed by atoms with E-state index in [1.807, 2.05) is 44.2 Å². The summed E-state index contributed by atoms with van der Waals surface area (Å²) in [5.41, 5.74) is 0.538. The second kappa shape index (κ2) is 5.53. The Labute approximate surface area is 104 Å². The average molecular weight is 320 g/mol. The van der Waals surface area contributed by atoms with Crippen molar-refractivity contribution in [3.8, 4) is 0 Å². The van der Waals surface area contributed by atoms with Gasteiger partial charge in [0, 0.05) is 0 Å². The van der Waals surface area contributed by atoms with Crippen LogP contribution in [0.1, 0.15) is 19.4 Å². The predicted octanol–water partition coefficient (Wildman–Crippen LogP) is 1.83. The molecule has 1 aromatic rings. The SMILES string of the molecule is CCOC(=O)C(C)(C[TeH])c1ccccc1. The Bertz CT molecular complexity index is 324. The molecule has 0 bridgehead atoms. The number of hydrogen-bond acceptors (Lipinski definition) is 2. The molecule has 0 fully saturated rings. The first kappa shape index (κ1) is 12.5. The summed E-state index contributed by atoms with van der Waals surface area (Å²) in [6, 6.07) is 9.82. The van der Waals surface area contributed by atoms with Crippen molar-refractivity contribution in [1.82, 2.24) is 0 Å². The van der Waals surface area contributed by atoms with Gasteiger partial charge in [-0.3, -0.25) is 0 Å². The van der Waals surface area contributed by atoms with E-state index >= 15 is 0 Å². The summed E-state index contributed by atoms with van der Waals surface area (Å²) < 4.78 is 5.92. The third-order valence-electron chi connectivity index (χ3n) is 2.45. The van der Waals surface area contributed by atoms with Gasteiger partial charge in [-0.2, -0.15) is 0 Å². The second-order valence-corrected chi connectivity index (χ2v) is 4.48. The molecule has 0 aliphatic heterocycles. The van der Waals surface area contributed by atoms with Gasteiger partial charge >= 0.3 is 104 Å². The van der Waals surface area contributed by atoms with Crippen LogP contribution in [0.25, 0.3) is 0 Å². The molecule has 1 aromatic carbocycles. The van der Waals surface area contributed by atoms with E-state index in [0.717, 1.165) is 10.0 Å². The van der Waals surface area contributed by atoms with Crippen LogP contribution in [-0.4, -0.2) is 34.9 Å². The van der Waals surface area contributed by atoms with Crippen LogP contribution in [0.5, 0.6) is 0 Å². The molecule has 3 heteroatoms. The van der Waals surface area contributed by atoms with Crippen molar-refractivity contribution in [2.45, 2.75) is 23.7 Å². The van der Waals surface area contributed by atoms with Gasteiger partial charge in [0.15, 0.2) is 0 Å². The maximum absolute atomic E-state index is 11.9. The molecule has 15 heavy (non-hydrogen) atoms. The Balaban J connectivity index is 3.00. The van der Waals surface area contributed by atoms with Gasteiger partial charge < -0.3 is 0 Å². The van der Waals surface area contributed by atoms with Crippen LogP contribution in [0.2, 0.25) is 4.47 Å². The third kappa shape index (κ3) is 2.74. The molecule has 0 aromatic heterocycles. The van der Waals surface area contributed by atoms with Crippen molar-refractivity contribution in [2.75, 3.05) is 6.61 Å². The Morgan fingerprint density at radius 2 is 2.00 bits per heavy atom. The number of ether oxygens (including phenoxy) is 1. The molecule has 0 heterocycles. The number of carbonyl (C=O) groups is 1. The molecule has 1 unspecified atom stereocenters. The summed E-state index contributed by atoms with van der Waals surface area (Å²) in [6.45, 7) is 4.22. The molecule has 0 saturated heterocycles. The average Bonchev–Trinajstić information content (AvgIpc) is 2.29. The van der Waals surface area contributed by atoms with Gasteiger partial charge in [-0.25, -0.2) is 0 Å². The summed E-state index contributed by atoms with van der Waals surface area (Å²) in [6.07, 6.45) is 0. The van der Waals surface area contributed by atoms with E-state index in [9.17, 15) is 4.79 Å². The second-order valence-electron chi connectivity index (χ2n) is 3.58. The molecule has 0 radical (unpaired) electrons. The Kier molecular flexibility index (Phi) is 4.63. The third-order valence-corrected chi connectivity index (χ3v) is 4.26. The number of rotatable bonds is 4. The molecule has 0 aliphatic carbocycles. The fourth-order valence-corrected chi connectivity index (χ4v) is 2.26. The van der Waals surface area contributed by atoms with Gasteiger partial charge in [-0.15, -0.1) is 0 Å². The van der Waals surface area contributed by atoms with Gasteiger partial charge in [-0.1, -0.05) is 0 Å². The van der Waals surface area contributed by atoms with E-state index in [1.165, 1.54) is 0 Å². The molecule has 1 rings (SSSR count). The van der Waals surface area contributed by atoms with Gasteiger partial charge in [-0.05, 0) is 0 Å². The van der Waals surface area contributed by atoms with Crippen molar-refractivity contribution in [2.24, 2.45) is 0 Å². The summed E-state index contributed by atoms with van der Waals surface area (Å²) in [5.74, 6) is -0.128. The maximum atomic E-state index is 11.9. The standard InChI is InChI=1S/C12H16O2Te/c1-3-14-11(13)12(2,9-15)10-7-5-4-6-8-10/h4-8,15H,3,9H2,1-2H3. The minimum absolute atomic E-state index is 0.128. The van der Waals surface area contributed by atoms with Crippen molar-refractivity contribution in [3.05, 3.63) is 35.9 Å². The number of benzene rings is 1. The van der Waals surface area contributed by atoms with Gasteiger partial charge in [0.05, 0.1) is 0 Å². The molecule has 0 saturated carbocycles. The molecule has 0 amide bonds. The van der Waals surface area contributed by atoms with Crippen molar-refractivity contribution >= 4 is 28.3 Å². The van der Waals surface area contributed by atoms with E-state index in [0.29, 0.717) is 6.61 Å². The molecule has 0 N–H and O–H groups in total. The zero-order valence-corrected chi connectivity index (χ0v) is 11.6. The molecule has 82 valence electrons. The van der Waals surface area contributed by atoms with Gasteiger partial charge in [0.2, 0.25) is 0 Å². The van der Waals surface area contributed by atoms with Crippen LogP contribution >= 0.6 is 0 Å². The van der Waals surface area contributed by atoms with Crippen LogP contribution in [0.15, 0.2) is 30.3 Å². The first-order valence-electron chi connectivity index (χ1n) is 4.98. The molecular formula is C12H16O2Te. The zero-order valence-electron chi connectivity index (χ0n) is 9.06.